The zero-order valence-electron chi connectivity index (χ0n) is 21.9. The van der Waals surface area contributed by atoms with Crippen LogP contribution in [0.15, 0.2) is 117 Å². The first kappa shape index (κ1) is 23.4. The molecule has 192 valence electrons. The normalized spacial score (nSPS) is 14.1. The predicted molar refractivity (Wildman–Crippen MR) is 165 cm³/mol. The Hall–Kier alpha value is -4.44. The van der Waals surface area contributed by atoms with E-state index in [1.54, 1.807) is 6.07 Å². The molecule has 0 spiro atoms. The molecule has 3 heterocycles. The Labute approximate surface area is 235 Å². The predicted octanol–water partition coefficient (Wildman–Crippen LogP) is 7.78. The maximum absolute atomic E-state index is 14.0. The van der Waals surface area contributed by atoms with Crippen molar-refractivity contribution in [2.24, 2.45) is 0 Å². The molecule has 5 aromatic carbocycles. The molecule has 0 fully saturated rings. The second-order valence-corrected chi connectivity index (χ2v) is 13.2. The van der Waals surface area contributed by atoms with Crippen LogP contribution in [0.1, 0.15) is 25.0 Å². The van der Waals surface area contributed by atoms with E-state index in [1.807, 2.05) is 48.5 Å². The van der Waals surface area contributed by atoms with E-state index in [2.05, 4.69) is 67.3 Å². The zero-order chi connectivity index (χ0) is 27.2. The van der Waals surface area contributed by atoms with Gasteiger partial charge >= 0.3 is 236 Å². The van der Waals surface area contributed by atoms with E-state index in [4.69, 9.17) is 4.42 Å². The van der Waals surface area contributed by atoms with Gasteiger partial charge in [0.2, 0.25) is 0 Å². The molecule has 1 aliphatic rings. The average molecular weight is 585 g/mol. The first-order chi connectivity index (χ1) is 19.4. The molecule has 7 aromatic rings. The van der Waals surface area contributed by atoms with Crippen molar-refractivity contribution in [3.8, 4) is 0 Å². The van der Waals surface area contributed by atoms with Crippen LogP contribution in [-0.4, -0.2) is 14.5 Å². The van der Waals surface area contributed by atoms with Gasteiger partial charge in [-0.2, -0.15) is 0 Å². The number of anilines is 3. The van der Waals surface area contributed by atoms with Crippen LogP contribution in [-0.2, 0) is 5.41 Å². The molecule has 0 unspecified atom stereocenters. The summed E-state index contributed by atoms with van der Waals surface area (Å²) in [7, 11) is 0. The van der Waals surface area contributed by atoms with E-state index in [9.17, 15) is 9.59 Å². The van der Waals surface area contributed by atoms with E-state index in [0.717, 1.165) is 31.0 Å². The Balaban J connectivity index is 1.39. The molecule has 0 saturated carbocycles. The fourth-order valence-electron chi connectivity index (χ4n) is 6.22. The molecule has 8 rings (SSSR count). The van der Waals surface area contributed by atoms with Crippen molar-refractivity contribution < 1.29 is 4.42 Å². The molecular formula is C35H23NO3Se. The van der Waals surface area contributed by atoms with Gasteiger partial charge in [-0.25, -0.2) is 0 Å². The van der Waals surface area contributed by atoms with E-state index < -0.39 is 0 Å². The summed E-state index contributed by atoms with van der Waals surface area (Å²) in [5.74, 6) is 0. The molecule has 2 aromatic heterocycles. The quantitative estimate of drug-likeness (QED) is 0.146. The monoisotopic (exact) mass is 585 g/mol. The number of hydrogen-bond donors (Lipinski definition) is 0. The Morgan fingerprint density at radius 3 is 1.98 bits per heavy atom. The minimum atomic E-state index is -0.160. The second kappa shape index (κ2) is 8.28. The van der Waals surface area contributed by atoms with Gasteiger partial charge in [-0.3, -0.25) is 0 Å². The van der Waals surface area contributed by atoms with Crippen molar-refractivity contribution in [1.29, 1.82) is 0 Å². The Bertz CT molecular complexity index is 2260. The first-order valence-corrected chi connectivity index (χ1v) is 15.0. The minimum absolute atomic E-state index is 0.0101. The number of benzene rings is 5. The number of rotatable bonds is 1. The Morgan fingerprint density at radius 2 is 1.23 bits per heavy atom. The molecule has 1 aliphatic heterocycles. The summed E-state index contributed by atoms with van der Waals surface area (Å²) in [6, 6.07) is 34.1. The Kier molecular flexibility index (Phi) is 4.85. The number of nitrogens with zero attached hydrogens (tertiary/aromatic N) is 1. The van der Waals surface area contributed by atoms with Crippen LogP contribution >= 0.6 is 0 Å². The molecule has 40 heavy (non-hydrogen) atoms. The molecular weight excluding hydrogens is 561 g/mol. The van der Waals surface area contributed by atoms with Gasteiger partial charge in [0.25, 0.3) is 0 Å². The molecule has 0 amide bonds. The SMILES string of the molecule is CC1(C)c2ccccc2N(c2ccc3oc4cc5c(=O)c6ccccc6[se]c5cc4c(=O)c3c2)c2ccccc21. The van der Waals surface area contributed by atoms with Gasteiger partial charge < -0.3 is 0 Å². The number of fused-ring (bicyclic) bond motifs is 6. The van der Waals surface area contributed by atoms with Crippen LogP contribution in [0.25, 0.3) is 41.2 Å². The third-order valence-corrected chi connectivity index (χ3v) is 10.6. The number of hydrogen-bond acceptors (Lipinski definition) is 4. The summed E-state index contributed by atoms with van der Waals surface area (Å²) >= 11 is -0.0642. The maximum atomic E-state index is 14.0. The first-order valence-electron chi connectivity index (χ1n) is 13.3. The van der Waals surface area contributed by atoms with Crippen molar-refractivity contribution in [2.45, 2.75) is 19.3 Å². The molecule has 0 radical (unpaired) electrons. The van der Waals surface area contributed by atoms with Gasteiger partial charge in [0.05, 0.1) is 0 Å². The number of para-hydroxylation sites is 2. The van der Waals surface area contributed by atoms with Crippen LogP contribution < -0.4 is 15.8 Å². The third kappa shape index (κ3) is 3.19. The summed E-state index contributed by atoms with van der Waals surface area (Å²) in [6.07, 6.45) is 0. The van der Waals surface area contributed by atoms with Gasteiger partial charge in [-0.15, -0.1) is 0 Å². The van der Waals surface area contributed by atoms with Crippen LogP contribution in [0.3, 0.4) is 0 Å². The van der Waals surface area contributed by atoms with Crippen molar-refractivity contribution >= 4 is 72.8 Å². The third-order valence-electron chi connectivity index (χ3n) is 8.25. The van der Waals surface area contributed by atoms with Crippen LogP contribution in [0.5, 0.6) is 0 Å². The molecule has 0 aliphatic carbocycles. The molecule has 0 saturated heterocycles. The van der Waals surface area contributed by atoms with E-state index in [1.165, 1.54) is 11.1 Å². The molecule has 0 bridgehead atoms. The van der Waals surface area contributed by atoms with Gasteiger partial charge in [0, 0.05) is 0 Å². The van der Waals surface area contributed by atoms with Gasteiger partial charge in [-0.1, -0.05) is 0 Å². The van der Waals surface area contributed by atoms with Gasteiger partial charge in [0.1, 0.15) is 0 Å². The summed E-state index contributed by atoms with van der Waals surface area (Å²) in [6.45, 7) is 4.52. The molecule has 0 N–H and O–H groups in total. The van der Waals surface area contributed by atoms with E-state index in [0.29, 0.717) is 27.3 Å². The topological polar surface area (TPSA) is 50.5 Å². The second-order valence-electron chi connectivity index (χ2n) is 10.9. The van der Waals surface area contributed by atoms with Crippen molar-refractivity contribution in [3.05, 3.63) is 135 Å². The summed E-state index contributed by atoms with van der Waals surface area (Å²) < 4.78 is 8.25. The zero-order valence-corrected chi connectivity index (χ0v) is 23.6. The van der Waals surface area contributed by atoms with Crippen molar-refractivity contribution in [1.82, 2.24) is 0 Å². The van der Waals surface area contributed by atoms with Gasteiger partial charge in [-0.05, 0) is 0 Å². The van der Waals surface area contributed by atoms with E-state index in [-0.39, 0.29) is 30.8 Å². The van der Waals surface area contributed by atoms with Gasteiger partial charge in [0.15, 0.2) is 0 Å². The Morgan fingerprint density at radius 1 is 0.600 bits per heavy atom. The van der Waals surface area contributed by atoms with Crippen LogP contribution in [0.4, 0.5) is 17.1 Å². The fraction of sp³-hybridized carbons (Fsp3) is 0.0857. The molecule has 4 nitrogen and oxygen atoms in total. The van der Waals surface area contributed by atoms with Crippen molar-refractivity contribution in [2.75, 3.05) is 4.90 Å². The van der Waals surface area contributed by atoms with E-state index >= 15 is 0 Å². The summed E-state index contributed by atoms with van der Waals surface area (Å²) in [5, 5.41) is 2.42. The standard InChI is InChI=1S/C35H23NO3Se/c1-35(2)25-10-4-6-12-27(25)36(28-13-7-5-11-26(28)35)20-15-16-29-22(17-20)34(38)23-19-32-24(18-30(23)39-29)33(37)21-9-3-8-14-31(21)40-32/h3-19H,1-2H3. The molecule has 5 heteroatoms. The molecule has 0 atom stereocenters. The van der Waals surface area contributed by atoms with Crippen molar-refractivity contribution in [3.63, 3.8) is 0 Å². The van der Waals surface area contributed by atoms with Crippen LogP contribution in [0.2, 0.25) is 0 Å². The fourth-order valence-corrected chi connectivity index (χ4v) is 8.52. The summed E-state index contributed by atoms with van der Waals surface area (Å²) in [5.41, 5.74) is 6.28. The van der Waals surface area contributed by atoms with Crippen LogP contribution in [0, 0.1) is 0 Å². The average Bonchev–Trinajstić information content (AvgIpc) is 2.97. The summed E-state index contributed by atoms with van der Waals surface area (Å²) in [4.78, 5) is 29.5.